The summed E-state index contributed by atoms with van der Waals surface area (Å²) in [6.07, 6.45) is 0. The van der Waals surface area contributed by atoms with Gasteiger partial charge >= 0.3 is 5.97 Å². The smallest absolute Gasteiger partial charge is 0.312 e. The Bertz CT molecular complexity index is 625. The molecule has 0 spiro atoms. The Morgan fingerprint density at radius 2 is 1.40 bits per heavy atom. The van der Waals surface area contributed by atoms with E-state index in [1.165, 1.54) is 29.4 Å². The first-order valence-corrected chi connectivity index (χ1v) is 6.84. The van der Waals surface area contributed by atoms with E-state index in [9.17, 15) is 4.79 Å². The number of ether oxygens (including phenoxy) is 1. The highest BCUT2D eigenvalue weighted by atomic mass is 16.5. The molecule has 0 amide bonds. The SMILES string of the molecule is COC(=O)C(C)(C)C1c2ccccc2-c2ccccc21. The number of esters is 1. The molecule has 0 aliphatic heterocycles. The van der Waals surface area contributed by atoms with Gasteiger partial charge in [0.2, 0.25) is 0 Å². The molecule has 0 heterocycles. The molecule has 1 aliphatic carbocycles. The zero-order valence-corrected chi connectivity index (χ0v) is 12.0. The minimum Gasteiger partial charge on any atom is -0.469 e. The first kappa shape index (κ1) is 12.9. The predicted octanol–water partition coefficient (Wildman–Crippen LogP) is 4.00. The van der Waals surface area contributed by atoms with Gasteiger partial charge in [-0.1, -0.05) is 48.5 Å². The second-order valence-electron chi connectivity index (χ2n) is 5.82. The van der Waals surface area contributed by atoms with Crippen LogP contribution in [0.15, 0.2) is 48.5 Å². The maximum atomic E-state index is 12.2. The number of benzene rings is 2. The normalized spacial score (nSPS) is 13.8. The summed E-state index contributed by atoms with van der Waals surface area (Å²) in [5.74, 6) is -0.128. The van der Waals surface area contributed by atoms with E-state index in [4.69, 9.17) is 4.74 Å². The van der Waals surface area contributed by atoms with Gasteiger partial charge < -0.3 is 4.74 Å². The third-order valence-corrected chi connectivity index (χ3v) is 4.27. The Kier molecular flexibility index (Phi) is 2.89. The highest BCUT2D eigenvalue weighted by molar-refractivity contribution is 5.85. The van der Waals surface area contributed by atoms with Crippen molar-refractivity contribution in [3.05, 3.63) is 59.7 Å². The van der Waals surface area contributed by atoms with Crippen LogP contribution in [-0.4, -0.2) is 13.1 Å². The Balaban J connectivity index is 2.24. The lowest BCUT2D eigenvalue weighted by Crippen LogP contribution is -2.32. The van der Waals surface area contributed by atoms with E-state index < -0.39 is 5.41 Å². The van der Waals surface area contributed by atoms with Crippen LogP contribution in [0.3, 0.4) is 0 Å². The van der Waals surface area contributed by atoms with Gasteiger partial charge in [0.15, 0.2) is 0 Å². The molecule has 0 unspecified atom stereocenters. The third-order valence-electron chi connectivity index (χ3n) is 4.27. The molecule has 2 aromatic carbocycles. The van der Waals surface area contributed by atoms with Gasteiger partial charge in [0.25, 0.3) is 0 Å². The van der Waals surface area contributed by atoms with Crippen LogP contribution in [-0.2, 0) is 9.53 Å². The van der Waals surface area contributed by atoms with Crippen LogP contribution in [0.2, 0.25) is 0 Å². The highest BCUT2D eigenvalue weighted by Gasteiger charge is 2.44. The highest BCUT2D eigenvalue weighted by Crippen LogP contribution is 2.52. The van der Waals surface area contributed by atoms with Gasteiger partial charge in [-0.3, -0.25) is 4.79 Å². The van der Waals surface area contributed by atoms with Crippen LogP contribution in [0.1, 0.15) is 30.9 Å². The van der Waals surface area contributed by atoms with Crippen molar-refractivity contribution in [1.29, 1.82) is 0 Å². The van der Waals surface area contributed by atoms with Crippen LogP contribution < -0.4 is 0 Å². The van der Waals surface area contributed by atoms with Crippen molar-refractivity contribution in [2.75, 3.05) is 7.11 Å². The van der Waals surface area contributed by atoms with E-state index in [0.717, 1.165) is 0 Å². The van der Waals surface area contributed by atoms with Gasteiger partial charge in [-0.2, -0.15) is 0 Å². The fraction of sp³-hybridized carbons (Fsp3) is 0.278. The molecule has 0 N–H and O–H groups in total. The predicted molar refractivity (Wildman–Crippen MR) is 79.5 cm³/mol. The first-order valence-electron chi connectivity index (χ1n) is 6.84. The number of carbonyl (C=O) groups is 1. The largest absolute Gasteiger partial charge is 0.469 e. The van der Waals surface area contributed by atoms with Crippen LogP contribution in [0.4, 0.5) is 0 Å². The molecule has 0 bridgehead atoms. The molecule has 0 fully saturated rings. The van der Waals surface area contributed by atoms with Crippen molar-refractivity contribution in [2.45, 2.75) is 19.8 Å². The lowest BCUT2D eigenvalue weighted by atomic mass is 9.73. The fourth-order valence-electron chi connectivity index (χ4n) is 3.31. The van der Waals surface area contributed by atoms with E-state index in [1.54, 1.807) is 0 Å². The standard InChI is InChI=1S/C18H18O2/c1-18(2,17(19)20-3)16-14-10-6-4-8-12(14)13-9-5-7-11-15(13)16/h4-11,16H,1-3H3. The molecule has 2 heteroatoms. The van der Waals surface area contributed by atoms with Crippen LogP contribution in [0, 0.1) is 5.41 Å². The number of carbonyl (C=O) groups excluding carboxylic acids is 1. The van der Waals surface area contributed by atoms with Crippen molar-refractivity contribution in [3.8, 4) is 11.1 Å². The summed E-state index contributed by atoms with van der Waals surface area (Å²) in [6, 6.07) is 16.6. The van der Waals surface area contributed by atoms with Gasteiger partial charge in [-0.15, -0.1) is 0 Å². The average molecular weight is 266 g/mol. The van der Waals surface area contributed by atoms with Gasteiger partial charge in [0, 0.05) is 5.92 Å². The van der Waals surface area contributed by atoms with Crippen molar-refractivity contribution in [3.63, 3.8) is 0 Å². The summed E-state index contributed by atoms with van der Waals surface area (Å²) in [5, 5.41) is 0. The molecule has 3 rings (SSSR count). The monoisotopic (exact) mass is 266 g/mol. The van der Waals surface area contributed by atoms with Crippen molar-refractivity contribution >= 4 is 5.97 Å². The molecular formula is C18H18O2. The topological polar surface area (TPSA) is 26.3 Å². The molecule has 0 radical (unpaired) electrons. The summed E-state index contributed by atoms with van der Waals surface area (Å²) < 4.78 is 5.02. The zero-order chi connectivity index (χ0) is 14.3. The van der Waals surface area contributed by atoms with Gasteiger partial charge in [-0.25, -0.2) is 0 Å². The summed E-state index contributed by atoms with van der Waals surface area (Å²) >= 11 is 0. The number of hydrogen-bond donors (Lipinski definition) is 0. The lowest BCUT2D eigenvalue weighted by Gasteiger charge is -2.30. The van der Waals surface area contributed by atoms with Crippen molar-refractivity contribution < 1.29 is 9.53 Å². The molecule has 20 heavy (non-hydrogen) atoms. The molecule has 102 valence electrons. The van der Waals surface area contributed by atoms with Crippen molar-refractivity contribution in [1.82, 2.24) is 0 Å². The summed E-state index contributed by atoms with van der Waals surface area (Å²) in [5.41, 5.74) is 4.29. The van der Waals surface area contributed by atoms with Crippen molar-refractivity contribution in [2.24, 2.45) is 5.41 Å². The average Bonchev–Trinajstić information content (AvgIpc) is 2.81. The van der Waals surface area contributed by atoms with Gasteiger partial charge in [-0.05, 0) is 36.1 Å². The first-order chi connectivity index (χ1) is 9.57. The molecular weight excluding hydrogens is 248 g/mol. The molecule has 2 aromatic rings. The quantitative estimate of drug-likeness (QED) is 0.768. The second kappa shape index (κ2) is 4.48. The molecule has 1 aliphatic rings. The summed E-state index contributed by atoms with van der Waals surface area (Å²) in [7, 11) is 1.46. The van der Waals surface area contributed by atoms with E-state index in [2.05, 4.69) is 24.3 Å². The van der Waals surface area contributed by atoms with Crippen LogP contribution >= 0.6 is 0 Å². The molecule has 0 saturated carbocycles. The second-order valence-corrected chi connectivity index (χ2v) is 5.82. The Hall–Kier alpha value is -2.09. The van der Waals surface area contributed by atoms with Gasteiger partial charge in [0.05, 0.1) is 12.5 Å². The van der Waals surface area contributed by atoms with Gasteiger partial charge in [0.1, 0.15) is 0 Å². The Labute approximate surface area is 119 Å². The number of hydrogen-bond acceptors (Lipinski definition) is 2. The zero-order valence-electron chi connectivity index (χ0n) is 12.0. The number of methoxy groups -OCH3 is 1. The Morgan fingerprint density at radius 3 is 1.85 bits per heavy atom. The summed E-state index contributed by atoms with van der Waals surface area (Å²) in [4.78, 5) is 12.2. The maximum absolute atomic E-state index is 12.2. The van der Waals surface area contributed by atoms with E-state index in [1.807, 2.05) is 38.1 Å². The third kappa shape index (κ3) is 1.68. The van der Waals surface area contributed by atoms with Crippen LogP contribution in [0.5, 0.6) is 0 Å². The minimum atomic E-state index is -0.586. The molecule has 2 nitrogen and oxygen atoms in total. The maximum Gasteiger partial charge on any atom is 0.312 e. The van der Waals surface area contributed by atoms with Crippen LogP contribution in [0.25, 0.3) is 11.1 Å². The lowest BCUT2D eigenvalue weighted by molar-refractivity contribution is -0.151. The molecule has 0 saturated heterocycles. The molecule has 0 atom stereocenters. The van der Waals surface area contributed by atoms with E-state index in [-0.39, 0.29) is 11.9 Å². The molecule has 0 aromatic heterocycles. The number of fused-ring (bicyclic) bond motifs is 3. The summed E-state index contributed by atoms with van der Waals surface area (Å²) in [6.45, 7) is 3.92. The van der Waals surface area contributed by atoms with E-state index in [0.29, 0.717) is 0 Å². The number of rotatable bonds is 2. The minimum absolute atomic E-state index is 0.0438. The Morgan fingerprint density at radius 1 is 0.950 bits per heavy atom. The van der Waals surface area contributed by atoms with E-state index >= 15 is 0 Å². The fourth-order valence-corrected chi connectivity index (χ4v) is 3.31.